The Labute approximate surface area is 162 Å². The van der Waals surface area contributed by atoms with Crippen molar-refractivity contribution in [2.24, 2.45) is 5.73 Å². The average molecular weight is 367 g/mol. The van der Waals surface area contributed by atoms with Crippen molar-refractivity contribution in [1.29, 1.82) is 0 Å². The van der Waals surface area contributed by atoms with E-state index in [1.807, 2.05) is 23.1 Å². The summed E-state index contributed by atoms with van der Waals surface area (Å²) in [5, 5.41) is 0. The van der Waals surface area contributed by atoms with Gasteiger partial charge in [-0.05, 0) is 11.1 Å². The molecule has 1 aliphatic rings. The Balaban J connectivity index is 2.14. The van der Waals surface area contributed by atoms with Gasteiger partial charge in [0.05, 0.1) is 5.69 Å². The van der Waals surface area contributed by atoms with Crippen LogP contribution in [-0.2, 0) is 28.6 Å². The molecular formula is C22H30N4O. The van der Waals surface area contributed by atoms with Crippen LogP contribution in [0.5, 0.6) is 0 Å². The van der Waals surface area contributed by atoms with Crippen molar-refractivity contribution in [2.45, 2.75) is 71.4 Å². The maximum atomic E-state index is 12.2. The van der Waals surface area contributed by atoms with E-state index < -0.39 is 6.04 Å². The third kappa shape index (κ3) is 3.97. The molecule has 0 aliphatic carbocycles. The zero-order chi connectivity index (χ0) is 20.0. The molecule has 0 fully saturated rings. The van der Waals surface area contributed by atoms with Crippen LogP contribution in [-0.4, -0.2) is 21.9 Å². The smallest absolute Gasteiger partial charge is 0.240 e. The highest BCUT2D eigenvalue weighted by atomic mass is 16.1. The Bertz CT molecular complexity index is 829. The van der Waals surface area contributed by atoms with Gasteiger partial charge < -0.3 is 10.6 Å². The van der Waals surface area contributed by atoms with Crippen LogP contribution in [0.1, 0.15) is 64.2 Å². The first kappa shape index (κ1) is 19.3. The van der Waals surface area contributed by atoms with Crippen LogP contribution in [0.25, 0.3) is 0 Å². The monoisotopic (exact) mass is 366 g/mol. The number of nitrogens with zero attached hydrogens (tertiary/aromatic N) is 3. The first-order valence-electron chi connectivity index (χ1n) is 9.49. The first-order valence-corrected chi connectivity index (χ1v) is 9.49. The Morgan fingerprint density at radius 3 is 2.22 bits per heavy atom. The second-order valence-electron chi connectivity index (χ2n) is 9.45. The Hall–Kier alpha value is -2.43. The lowest BCUT2D eigenvalue weighted by Crippen LogP contribution is -2.49. The summed E-state index contributed by atoms with van der Waals surface area (Å²) in [5.41, 5.74) is 8.83. The summed E-state index contributed by atoms with van der Waals surface area (Å²) in [4.78, 5) is 24.0. The van der Waals surface area contributed by atoms with Crippen LogP contribution < -0.4 is 10.6 Å². The SMILES string of the molecule is CC(C)(C)c1cc(N2Cc3ccccc3C[C@@H]2C(N)=O)nc(C(C)(C)C)n1. The second kappa shape index (κ2) is 6.63. The van der Waals surface area contributed by atoms with Gasteiger partial charge in [0.2, 0.25) is 5.91 Å². The lowest BCUT2D eigenvalue weighted by atomic mass is 9.89. The van der Waals surface area contributed by atoms with Crippen molar-refractivity contribution in [2.75, 3.05) is 4.90 Å². The van der Waals surface area contributed by atoms with Crippen LogP contribution in [0.3, 0.4) is 0 Å². The minimum absolute atomic E-state index is 0.117. The maximum Gasteiger partial charge on any atom is 0.240 e. The highest BCUT2D eigenvalue weighted by Crippen LogP contribution is 2.32. The molecule has 0 radical (unpaired) electrons. The Kier molecular flexibility index (Phi) is 4.74. The molecule has 2 N–H and O–H groups in total. The van der Waals surface area contributed by atoms with E-state index in [0.29, 0.717) is 13.0 Å². The molecule has 0 unspecified atom stereocenters. The molecule has 5 nitrogen and oxygen atoms in total. The number of hydrogen-bond acceptors (Lipinski definition) is 4. The molecule has 0 saturated heterocycles. The van der Waals surface area contributed by atoms with Gasteiger partial charge in [0.1, 0.15) is 17.7 Å². The van der Waals surface area contributed by atoms with Crippen molar-refractivity contribution in [3.63, 3.8) is 0 Å². The molecule has 1 aromatic heterocycles. The van der Waals surface area contributed by atoms with Crippen LogP contribution >= 0.6 is 0 Å². The quantitative estimate of drug-likeness (QED) is 0.883. The molecular weight excluding hydrogens is 336 g/mol. The molecule has 2 heterocycles. The number of carbonyl (C=O) groups excluding carboxylic acids is 1. The van der Waals surface area contributed by atoms with Crippen molar-refractivity contribution >= 4 is 11.7 Å². The summed E-state index contributed by atoms with van der Waals surface area (Å²) >= 11 is 0. The molecule has 1 aliphatic heterocycles. The molecule has 144 valence electrons. The van der Waals surface area contributed by atoms with Gasteiger partial charge in [-0.2, -0.15) is 0 Å². The van der Waals surface area contributed by atoms with Crippen molar-refractivity contribution < 1.29 is 4.79 Å². The van der Waals surface area contributed by atoms with Crippen LogP contribution in [0.2, 0.25) is 0 Å². The molecule has 0 bridgehead atoms. The number of fused-ring (bicyclic) bond motifs is 1. The summed E-state index contributed by atoms with van der Waals surface area (Å²) in [7, 11) is 0. The van der Waals surface area contributed by atoms with E-state index in [-0.39, 0.29) is 16.7 Å². The maximum absolute atomic E-state index is 12.2. The normalized spacial score (nSPS) is 17.6. The predicted molar refractivity (Wildman–Crippen MR) is 109 cm³/mol. The summed E-state index contributed by atoms with van der Waals surface area (Å²) in [6.07, 6.45) is 0.602. The summed E-state index contributed by atoms with van der Waals surface area (Å²) in [5.74, 6) is 1.24. The first-order chi connectivity index (χ1) is 12.5. The van der Waals surface area contributed by atoms with E-state index in [9.17, 15) is 4.79 Å². The molecule has 5 heteroatoms. The number of nitrogens with two attached hydrogens (primary N) is 1. The number of rotatable bonds is 2. The van der Waals surface area contributed by atoms with Crippen molar-refractivity contribution in [3.05, 3.63) is 53.0 Å². The van der Waals surface area contributed by atoms with Crippen LogP contribution in [0, 0.1) is 0 Å². The molecule has 2 aromatic rings. The van der Waals surface area contributed by atoms with E-state index in [2.05, 4.69) is 53.7 Å². The number of hydrogen-bond donors (Lipinski definition) is 1. The second-order valence-corrected chi connectivity index (χ2v) is 9.45. The third-order valence-corrected chi connectivity index (χ3v) is 5.02. The van der Waals surface area contributed by atoms with Gasteiger partial charge in [0, 0.05) is 29.9 Å². The lowest BCUT2D eigenvalue weighted by molar-refractivity contribution is -0.119. The number of amides is 1. The van der Waals surface area contributed by atoms with E-state index in [4.69, 9.17) is 15.7 Å². The van der Waals surface area contributed by atoms with Gasteiger partial charge in [0.25, 0.3) is 0 Å². The van der Waals surface area contributed by atoms with Gasteiger partial charge in [-0.15, -0.1) is 0 Å². The fourth-order valence-electron chi connectivity index (χ4n) is 3.32. The molecule has 27 heavy (non-hydrogen) atoms. The topological polar surface area (TPSA) is 72.1 Å². The van der Waals surface area contributed by atoms with E-state index in [0.717, 1.165) is 17.3 Å². The van der Waals surface area contributed by atoms with Crippen LogP contribution in [0.4, 0.5) is 5.82 Å². The molecule has 3 rings (SSSR count). The Morgan fingerprint density at radius 1 is 1.04 bits per heavy atom. The van der Waals surface area contributed by atoms with Gasteiger partial charge in [0.15, 0.2) is 0 Å². The number of aromatic nitrogens is 2. The Morgan fingerprint density at radius 2 is 1.67 bits per heavy atom. The molecule has 1 amide bonds. The molecule has 1 atom stereocenters. The van der Waals surface area contributed by atoms with Gasteiger partial charge in [-0.25, -0.2) is 9.97 Å². The fraction of sp³-hybridized carbons (Fsp3) is 0.500. The van der Waals surface area contributed by atoms with Crippen LogP contribution in [0.15, 0.2) is 30.3 Å². The van der Waals surface area contributed by atoms with E-state index in [1.54, 1.807) is 0 Å². The fourth-order valence-corrected chi connectivity index (χ4v) is 3.32. The van der Waals surface area contributed by atoms with Gasteiger partial charge in [-0.1, -0.05) is 65.8 Å². The highest BCUT2D eigenvalue weighted by Gasteiger charge is 2.33. The van der Waals surface area contributed by atoms with Gasteiger partial charge >= 0.3 is 0 Å². The standard InChI is InChI=1S/C22H30N4O/c1-21(2,3)17-12-18(25-20(24-17)22(4,5)6)26-13-15-10-8-7-9-14(15)11-16(26)19(23)27/h7-10,12,16H,11,13H2,1-6H3,(H2,23,27)/t16-/m1/s1. The van der Waals surface area contributed by atoms with Crippen molar-refractivity contribution in [1.82, 2.24) is 9.97 Å². The third-order valence-electron chi connectivity index (χ3n) is 5.02. The van der Waals surface area contributed by atoms with Gasteiger partial charge in [-0.3, -0.25) is 4.79 Å². The predicted octanol–water partition coefficient (Wildman–Crippen LogP) is 3.49. The zero-order valence-electron chi connectivity index (χ0n) is 17.2. The zero-order valence-corrected chi connectivity index (χ0v) is 17.2. The summed E-state index contributed by atoms with van der Waals surface area (Å²) in [6.45, 7) is 13.4. The number of anilines is 1. The van der Waals surface area contributed by atoms with Crippen molar-refractivity contribution in [3.8, 4) is 0 Å². The van der Waals surface area contributed by atoms with E-state index in [1.165, 1.54) is 11.1 Å². The lowest BCUT2D eigenvalue weighted by Gasteiger charge is -2.37. The number of carbonyl (C=O) groups is 1. The number of benzene rings is 1. The molecule has 1 aromatic carbocycles. The summed E-state index contributed by atoms with van der Waals surface area (Å²) < 4.78 is 0. The minimum Gasteiger partial charge on any atom is -0.368 e. The molecule has 0 saturated carbocycles. The highest BCUT2D eigenvalue weighted by molar-refractivity contribution is 5.84. The largest absolute Gasteiger partial charge is 0.368 e. The average Bonchev–Trinajstić information content (AvgIpc) is 2.58. The number of primary amides is 1. The summed E-state index contributed by atoms with van der Waals surface area (Å²) in [6, 6.07) is 9.82. The minimum atomic E-state index is -0.407. The molecule has 0 spiro atoms. The van der Waals surface area contributed by atoms with E-state index >= 15 is 0 Å².